The van der Waals surface area contributed by atoms with Gasteiger partial charge in [-0.15, -0.1) is 5.06 Å². The number of hydrogen-bond acceptors (Lipinski definition) is 6. The maximum atomic E-state index is 11.2. The molecular formula is C15H21NO6. The second kappa shape index (κ2) is 13.4. The summed E-state index contributed by atoms with van der Waals surface area (Å²) in [5.74, 6) is -1.67. The van der Waals surface area contributed by atoms with E-state index in [-0.39, 0.29) is 31.5 Å². The number of allylic oxidation sites excluding steroid dienone is 2. The zero-order valence-electron chi connectivity index (χ0n) is 12.7. The topological polar surface area (TPSA) is 97.8 Å². The Hall–Kier alpha value is -2.57. The fourth-order valence-corrected chi connectivity index (χ4v) is 1.29. The summed E-state index contributed by atoms with van der Waals surface area (Å²) < 4.78 is 0. The summed E-state index contributed by atoms with van der Waals surface area (Å²) in [6.45, 7) is 10.2. The van der Waals surface area contributed by atoms with Gasteiger partial charge in [0.1, 0.15) is 12.6 Å². The number of ketones is 1. The Bertz CT molecular complexity index is 408. The van der Waals surface area contributed by atoms with Crippen LogP contribution in [-0.2, 0) is 28.8 Å². The van der Waals surface area contributed by atoms with Crippen molar-refractivity contribution < 1.29 is 28.8 Å². The lowest BCUT2D eigenvalue weighted by Crippen LogP contribution is -2.31. The molecule has 2 amide bonds. The Kier molecular flexibility index (Phi) is 13.2. The summed E-state index contributed by atoms with van der Waals surface area (Å²) in [5, 5.41) is 0.510. The van der Waals surface area contributed by atoms with E-state index in [2.05, 4.69) is 18.0 Å². The van der Waals surface area contributed by atoms with Crippen LogP contribution in [0.3, 0.4) is 0 Å². The van der Waals surface area contributed by atoms with Crippen LogP contribution >= 0.6 is 0 Å². The highest BCUT2D eigenvalue weighted by molar-refractivity contribution is 6.01. The fourth-order valence-electron chi connectivity index (χ4n) is 1.29. The minimum absolute atomic E-state index is 0.0128. The third-order valence-corrected chi connectivity index (χ3v) is 2.28. The number of amides is 2. The lowest BCUT2D eigenvalue weighted by atomic mass is 10.2. The SMILES string of the molecule is C=CC=C.C=O.CC(=O)CCCC(=O)ON1C(=O)CCC1=O. The molecule has 0 aromatic rings. The third-order valence-electron chi connectivity index (χ3n) is 2.28. The molecule has 0 radical (unpaired) electrons. The van der Waals surface area contributed by atoms with Crippen LogP contribution in [0.2, 0.25) is 0 Å². The Morgan fingerprint density at radius 3 is 1.91 bits per heavy atom. The largest absolute Gasteiger partial charge is 0.333 e. The molecule has 7 heteroatoms. The van der Waals surface area contributed by atoms with E-state index in [9.17, 15) is 19.2 Å². The predicted molar refractivity (Wildman–Crippen MR) is 79.2 cm³/mol. The molecule has 1 fully saturated rings. The maximum absolute atomic E-state index is 11.2. The minimum Gasteiger partial charge on any atom is -0.330 e. The number of nitrogens with zero attached hydrogens (tertiary/aromatic N) is 1. The molecule has 0 atom stereocenters. The zero-order valence-corrected chi connectivity index (χ0v) is 12.7. The molecule has 7 nitrogen and oxygen atoms in total. The molecule has 1 heterocycles. The Morgan fingerprint density at radius 2 is 1.55 bits per heavy atom. The first kappa shape index (κ1) is 21.7. The minimum atomic E-state index is -0.662. The van der Waals surface area contributed by atoms with Gasteiger partial charge in [-0.25, -0.2) is 4.79 Å². The van der Waals surface area contributed by atoms with Crippen molar-refractivity contribution >= 4 is 30.4 Å². The average molecular weight is 311 g/mol. The lowest BCUT2D eigenvalue weighted by molar-refractivity contribution is -0.197. The van der Waals surface area contributed by atoms with Crippen LogP contribution in [-0.4, -0.2) is 35.4 Å². The van der Waals surface area contributed by atoms with Crippen LogP contribution in [0.4, 0.5) is 0 Å². The number of hydrogen-bond donors (Lipinski definition) is 0. The van der Waals surface area contributed by atoms with Gasteiger partial charge in [0.05, 0.1) is 0 Å². The van der Waals surface area contributed by atoms with Crippen molar-refractivity contribution in [1.29, 1.82) is 0 Å². The normalized spacial score (nSPS) is 12.3. The van der Waals surface area contributed by atoms with Crippen molar-refractivity contribution in [2.45, 2.75) is 39.0 Å². The zero-order chi connectivity index (χ0) is 17.5. The first-order valence-electron chi connectivity index (χ1n) is 6.50. The van der Waals surface area contributed by atoms with Crippen molar-refractivity contribution in [2.24, 2.45) is 0 Å². The van der Waals surface area contributed by atoms with E-state index in [1.165, 1.54) is 6.92 Å². The lowest BCUT2D eigenvalue weighted by Gasteiger charge is -2.12. The van der Waals surface area contributed by atoms with Gasteiger partial charge in [-0.2, -0.15) is 0 Å². The molecule has 22 heavy (non-hydrogen) atoms. The van der Waals surface area contributed by atoms with Gasteiger partial charge in [0.25, 0.3) is 11.8 Å². The van der Waals surface area contributed by atoms with Crippen molar-refractivity contribution in [3.63, 3.8) is 0 Å². The predicted octanol–water partition coefficient (Wildman–Crippen LogP) is 1.53. The molecule has 0 saturated carbocycles. The number of hydroxylamine groups is 2. The molecule has 0 N–H and O–H groups in total. The Morgan fingerprint density at radius 1 is 1.09 bits per heavy atom. The smallest absolute Gasteiger partial charge is 0.330 e. The number of carbonyl (C=O) groups excluding carboxylic acids is 5. The maximum Gasteiger partial charge on any atom is 0.333 e. The van der Waals surface area contributed by atoms with Crippen molar-refractivity contribution in [3.05, 3.63) is 25.3 Å². The van der Waals surface area contributed by atoms with E-state index >= 15 is 0 Å². The monoisotopic (exact) mass is 311 g/mol. The summed E-state index contributed by atoms with van der Waals surface area (Å²) in [6, 6.07) is 0. The Labute approximate surface area is 129 Å². The van der Waals surface area contributed by atoms with Crippen LogP contribution in [0.25, 0.3) is 0 Å². The highest BCUT2D eigenvalue weighted by Crippen LogP contribution is 2.13. The quantitative estimate of drug-likeness (QED) is 0.545. The summed E-state index contributed by atoms with van der Waals surface area (Å²) in [4.78, 5) is 56.5. The van der Waals surface area contributed by atoms with Crippen molar-refractivity contribution in [3.8, 4) is 0 Å². The van der Waals surface area contributed by atoms with Gasteiger partial charge in [-0.05, 0) is 13.3 Å². The van der Waals surface area contributed by atoms with E-state index in [1.54, 1.807) is 12.2 Å². The summed E-state index contributed by atoms with van der Waals surface area (Å²) in [5.41, 5.74) is 0. The van der Waals surface area contributed by atoms with Gasteiger partial charge >= 0.3 is 5.97 Å². The summed E-state index contributed by atoms with van der Waals surface area (Å²) >= 11 is 0. The molecule has 0 spiro atoms. The second-order valence-electron chi connectivity index (χ2n) is 4.07. The van der Waals surface area contributed by atoms with Gasteiger partial charge in [0.2, 0.25) is 0 Å². The highest BCUT2D eigenvalue weighted by atomic mass is 16.7. The number of rotatable bonds is 6. The number of Topliss-reactive ketones (excluding diaryl/α,β-unsaturated/α-hetero) is 1. The molecule has 0 aromatic heterocycles. The van der Waals surface area contributed by atoms with E-state index in [4.69, 9.17) is 4.79 Å². The molecule has 0 bridgehead atoms. The molecule has 0 unspecified atom stereocenters. The van der Waals surface area contributed by atoms with Crippen LogP contribution in [0.1, 0.15) is 39.0 Å². The van der Waals surface area contributed by atoms with Gasteiger partial charge in [0.15, 0.2) is 0 Å². The molecule has 1 saturated heterocycles. The van der Waals surface area contributed by atoms with Crippen molar-refractivity contribution in [1.82, 2.24) is 5.06 Å². The van der Waals surface area contributed by atoms with Gasteiger partial charge < -0.3 is 14.4 Å². The Balaban J connectivity index is 0. The molecule has 1 rings (SSSR count). The van der Waals surface area contributed by atoms with Crippen LogP contribution in [0, 0.1) is 0 Å². The molecule has 0 aromatic carbocycles. The van der Waals surface area contributed by atoms with Crippen molar-refractivity contribution in [2.75, 3.05) is 0 Å². The first-order chi connectivity index (χ1) is 10.4. The van der Waals surface area contributed by atoms with Crippen LogP contribution < -0.4 is 0 Å². The molecule has 0 aliphatic carbocycles. The molecule has 122 valence electrons. The van der Waals surface area contributed by atoms with E-state index in [0.717, 1.165) is 0 Å². The molecule has 1 aliphatic rings. The highest BCUT2D eigenvalue weighted by Gasteiger charge is 2.32. The van der Waals surface area contributed by atoms with Crippen LogP contribution in [0.5, 0.6) is 0 Å². The third kappa shape index (κ3) is 10.2. The van der Waals surface area contributed by atoms with Gasteiger partial charge in [-0.3, -0.25) is 9.59 Å². The summed E-state index contributed by atoms with van der Waals surface area (Å²) in [6.07, 6.45) is 4.12. The van der Waals surface area contributed by atoms with Gasteiger partial charge in [-0.1, -0.05) is 25.3 Å². The van der Waals surface area contributed by atoms with E-state index in [1.807, 2.05) is 6.79 Å². The van der Waals surface area contributed by atoms with E-state index in [0.29, 0.717) is 11.5 Å². The average Bonchev–Trinajstić information content (AvgIpc) is 2.81. The van der Waals surface area contributed by atoms with Crippen LogP contribution in [0.15, 0.2) is 25.3 Å². The fraction of sp³-hybridized carbons (Fsp3) is 0.400. The van der Waals surface area contributed by atoms with E-state index < -0.39 is 17.8 Å². The summed E-state index contributed by atoms with van der Waals surface area (Å²) in [7, 11) is 0. The number of imide groups is 1. The standard InChI is InChI=1S/C10H13NO5.C4H6.CH2O/c1-7(12)3-2-4-10(15)16-11-8(13)5-6-9(11)14;1-3-4-2;1-2/h2-6H2,1H3;3-4H,1-2H2;1H2. The molecular weight excluding hydrogens is 290 g/mol. The first-order valence-corrected chi connectivity index (χ1v) is 6.50. The number of carbonyl (C=O) groups is 5. The van der Waals surface area contributed by atoms with Gasteiger partial charge in [0, 0.05) is 25.7 Å². The molecule has 1 aliphatic heterocycles. The second-order valence-corrected chi connectivity index (χ2v) is 4.07.